The molecule has 0 aliphatic carbocycles. The molecule has 0 saturated heterocycles. The van der Waals surface area contributed by atoms with Crippen LogP contribution in [0.4, 0.5) is 15.8 Å². The first kappa shape index (κ1) is 18.6. The van der Waals surface area contributed by atoms with Crippen LogP contribution in [0.3, 0.4) is 0 Å². The van der Waals surface area contributed by atoms with Gasteiger partial charge in [-0.05, 0) is 48.2 Å². The molecule has 1 aromatic heterocycles. The maximum Gasteiger partial charge on any atom is 0.303 e. The second kappa shape index (κ2) is 8.03. The summed E-state index contributed by atoms with van der Waals surface area (Å²) in [7, 11) is 1.85. The van der Waals surface area contributed by atoms with Crippen molar-refractivity contribution < 1.29 is 14.3 Å². The van der Waals surface area contributed by atoms with Crippen molar-refractivity contribution in [2.75, 3.05) is 5.32 Å². The SMILES string of the molecule is CCC(CC(=O)O)c1ccc(-c2cnn(C)c2)c(Nc2ccc(F)cc2)c1. The van der Waals surface area contributed by atoms with E-state index in [4.69, 9.17) is 0 Å². The topological polar surface area (TPSA) is 67.1 Å². The molecule has 3 aromatic rings. The summed E-state index contributed by atoms with van der Waals surface area (Å²) in [6, 6.07) is 12.1. The highest BCUT2D eigenvalue weighted by Crippen LogP contribution is 2.34. The zero-order valence-electron chi connectivity index (χ0n) is 15.3. The number of anilines is 2. The van der Waals surface area contributed by atoms with Gasteiger partial charge in [0.1, 0.15) is 5.82 Å². The van der Waals surface area contributed by atoms with E-state index in [0.717, 1.165) is 34.5 Å². The molecular formula is C21H22FN3O2. The van der Waals surface area contributed by atoms with E-state index in [1.165, 1.54) is 12.1 Å². The molecule has 6 heteroatoms. The van der Waals surface area contributed by atoms with Crippen molar-refractivity contribution in [1.82, 2.24) is 9.78 Å². The standard InChI is InChI=1S/C21H22FN3O2/c1-3-14(11-21(26)27)15-4-9-19(16-12-23-25(2)13-16)20(10-15)24-18-7-5-17(22)6-8-18/h4-10,12-14,24H,3,11H2,1-2H3,(H,26,27). The Hall–Kier alpha value is -3.15. The van der Waals surface area contributed by atoms with Crippen LogP contribution < -0.4 is 5.32 Å². The lowest BCUT2D eigenvalue weighted by molar-refractivity contribution is -0.137. The van der Waals surface area contributed by atoms with Gasteiger partial charge >= 0.3 is 5.97 Å². The van der Waals surface area contributed by atoms with Crippen molar-refractivity contribution in [1.29, 1.82) is 0 Å². The summed E-state index contributed by atoms with van der Waals surface area (Å²) < 4.78 is 14.9. The van der Waals surface area contributed by atoms with Crippen molar-refractivity contribution in [3.63, 3.8) is 0 Å². The molecule has 0 radical (unpaired) electrons. The van der Waals surface area contributed by atoms with Crippen LogP contribution in [0, 0.1) is 5.82 Å². The number of aromatic nitrogens is 2. The first-order valence-electron chi connectivity index (χ1n) is 8.83. The van der Waals surface area contributed by atoms with Gasteiger partial charge in [-0.1, -0.05) is 19.1 Å². The number of carboxylic acid groups (broad SMARTS) is 1. The van der Waals surface area contributed by atoms with E-state index >= 15 is 0 Å². The van der Waals surface area contributed by atoms with Crippen molar-refractivity contribution >= 4 is 17.3 Å². The minimum absolute atomic E-state index is 0.0702. The minimum atomic E-state index is -0.814. The van der Waals surface area contributed by atoms with Crippen LogP contribution in [0.15, 0.2) is 54.9 Å². The van der Waals surface area contributed by atoms with Gasteiger partial charge < -0.3 is 10.4 Å². The van der Waals surface area contributed by atoms with Crippen LogP contribution in [0.2, 0.25) is 0 Å². The summed E-state index contributed by atoms with van der Waals surface area (Å²) in [6.45, 7) is 1.98. The monoisotopic (exact) mass is 367 g/mol. The molecule has 3 rings (SSSR count). The molecule has 27 heavy (non-hydrogen) atoms. The van der Waals surface area contributed by atoms with E-state index in [2.05, 4.69) is 10.4 Å². The first-order valence-corrected chi connectivity index (χ1v) is 8.83. The summed E-state index contributed by atoms with van der Waals surface area (Å²) in [5, 5.41) is 16.7. The largest absolute Gasteiger partial charge is 0.481 e. The highest BCUT2D eigenvalue weighted by molar-refractivity contribution is 5.81. The quantitative estimate of drug-likeness (QED) is 0.621. The van der Waals surface area contributed by atoms with Gasteiger partial charge in [-0.15, -0.1) is 0 Å². The molecule has 140 valence electrons. The molecule has 0 aliphatic heterocycles. The third kappa shape index (κ3) is 4.53. The molecule has 0 spiro atoms. The highest BCUT2D eigenvalue weighted by Gasteiger charge is 2.16. The molecular weight excluding hydrogens is 345 g/mol. The number of carboxylic acids is 1. The second-order valence-electron chi connectivity index (χ2n) is 6.54. The maximum absolute atomic E-state index is 13.2. The number of hydrogen-bond donors (Lipinski definition) is 2. The van der Waals surface area contributed by atoms with E-state index in [-0.39, 0.29) is 18.2 Å². The lowest BCUT2D eigenvalue weighted by Gasteiger charge is -2.18. The Kier molecular flexibility index (Phi) is 5.54. The van der Waals surface area contributed by atoms with Crippen LogP contribution in [-0.4, -0.2) is 20.9 Å². The van der Waals surface area contributed by atoms with Crippen molar-refractivity contribution in [3.05, 3.63) is 66.2 Å². The molecule has 0 bridgehead atoms. The van der Waals surface area contributed by atoms with Gasteiger partial charge in [-0.3, -0.25) is 9.48 Å². The van der Waals surface area contributed by atoms with Gasteiger partial charge in [0.25, 0.3) is 0 Å². The molecule has 0 aliphatic rings. The molecule has 1 unspecified atom stereocenters. The fourth-order valence-electron chi connectivity index (χ4n) is 3.13. The Morgan fingerprint density at radius 2 is 2.00 bits per heavy atom. The minimum Gasteiger partial charge on any atom is -0.481 e. The number of nitrogens with zero attached hydrogens (tertiary/aromatic N) is 2. The van der Waals surface area contributed by atoms with Gasteiger partial charge in [-0.25, -0.2) is 4.39 Å². The highest BCUT2D eigenvalue weighted by atomic mass is 19.1. The van der Waals surface area contributed by atoms with Crippen molar-refractivity contribution in [2.45, 2.75) is 25.7 Å². The predicted molar refractivity (Wildman–Crippen MR) is 104 cm³/mol. The molecule has 1 atom stereocenters. The Balaban J connectivity index is 2.02. The normalized spacial score (nSPS) is 12.0. The van der Waals surface area contributed by atoms with Gasteiger partial charge in [0.05, 0.1) is 12.6 Å². The summed E-state index contributed by atoms with van der Waals surface area (Å²) in [6.07, 6.45) is 4.51. The first-order chi connectivity index (χ1) is 13.0. The van der Waals surface area contributed by atoms with Crippen molar-refractivity contribution in [3.8, 4) is 11.1 Å². The summed E-state index contributed by atoms with van der Waals surface area (Å²) in [5.74, 6) is -1.18. The van der Waals surface area contributed by atoms with Crippen LogP contribution >= 0.6 is 0 Å². The second-order valence-corrected chi connectivity index (χ2v) is 6.54. The fourth-order valence-corrected chi connectivity index (χ4v) is 3.13. The third-order valence-electron chi connectivity index (χ3n) is 4.57. The summed E-state index contributed by atoms with van der Waals surface area (Å²) in [5.41, 5.74) is 4.43. The van der Waals surface area contributed by atoms with Crippen LogP contribution in [0.1, 0.15) is 31.2 Å². The maximum atomic E-state index is 13.2. The average Bonchev–Trinajstić information content (AvgIpc) is 3.07. The van der Waals surface area contributed by atoms with E-state index in [9.17, 15) is 14.3 Å². The molecule has 1 heterocycles. The van der Waals surface area contributed by atoms with E-state index < -0.39 is 5.97 Å². The van der Waals surface area contributed by atoms with E-state index in [1.54, 1.807) is 23.0 Å². The molecule has 0 amide bonds. The molecule has 0 saturated carbocycles. The predicted octanol–water partition coefficient (Wildman–Crippen LogP) is 4.94. The zero-order chi connectivity index (χ0) is 19.4. The molecule has 2 aromatic carbocycles. The van der Waals surface area contributed by atoms with Gasteiger partial charge in [0, 0.05) is 35.7 Å². The number of benzene rings is 2. The fraction of sp³-hybridized carbons (Fsp3) is 0.238. The van der Waals surface area contributed by atoms with E-state index in [0.29, 0.717) is 0 Å². The summed E-state index contributed by atoms with van der Waals surface area (Å²) in [4.78, 5) is 11.2. The lowest BCUT2D eigenvalue weighted by Crippen LogP contribution is -2.06. The van der Waals surface area contributed by atoms with Gasteiger partial charge in [-0.2, -0.15) is 5.10 Å². The molecule has 0 fully saturated rings. The smallest absolute Gasteiger partial charge is 0.303 e. The average molecular weight is 367 g/mol. The Morgan fingerprint density at radius 1 is 1.26 bits per heavy atom. The number of hydrogen-bond acceptors (Lipinski definition) is 3. The number of aliphatic carboxylic acids is 1. The number of rotatable bonds is 7. The van der Waals surface area contributed by atoms with Crippen LogP contribution in [0.5, 0.6) is 0 Å². The molecule has 2 N–H and O–H groups in total. The third-order valence-corrected chi connectivity index (χ3v) is 4.57. The Labute approximate surface area is 157 Å². The number of nitrogens with one attached hydrogen (secondary N) is 1. The Bertz CT molecular complexity index is 935. The van der Waals surface area contributed by atoms with Gasteiger partial charge in [0.2, 0.25) is 0 Å². The zero-order valence-corrected chi connectivity index (χ0v) is 15.3. The van der Waals surface area contributed by atoms with Crippen LogP contribution in [-0.2, 0) is 11.8 Å². The van der Waals surface area contributed by atoms with Gasteiger partial charge in [0.15, 0.2) is 0 Å². The number of aryl methyl sites for hydroxylation is 1. The summed E-state index contributed by atoms with van der Waals surface area (Å²) >= 11 is 0. The number of carbonyl (C=O) groups is 1. The van der Waals surface area contributed by atoms with E-state index in [1.807, 2.05) is 38.4 Å². The molecule has 5 nitrogen and oxygen atoms in total. The van der Waals surface area contributed by atoms with Crippen LogP contribution in [0.25, 0.3) is 11.1 Å². The lowest BCUT2D eigenvalue weighted by atomic mass is 9.91. The number of halogens is 1. The van der Waals surface area contributed by atoms with Crippen molar-refractivity contribution in [2.24, 2.45) is 7.05 Å². The Morgan fingerprint density at radius 3 is 2.59 bits per heavy atom.